The number of aromatic amines is 1. The second kappa shape index (κ2) is 15.3. The van der Waals surface area contributed by atoms with Crippen LogP contribution in [-0.2, 0) is 16.0 Å². The quantitative estimate of drug-likeness (QED) is 0.192. The van der Waals surface area contributed by atoms with Crippen LogP contribution in [-0.4, -0.2) is 92.2 Å². The van der Waals surface area contributed by atoms with Gasteiger partial charge in [-0.05, 0) is 42.7 Å². The third kappa shape index (κ3) is 7.98. The van der Waals surface area contributed by atoms with Crippen LogP contribution in [0.1, 0.15) is 39.4 Å². The molecule has 0 spiro atoms. The molecule has 6 rings (SSSR count). The normalized spacial score (nSPS) is 16.9. The van der Waals surface area contributed by atoms with Crippen LogP contribution in [0, 0.1) is 0 Å². The summed E-state index contributed by atoms with van der Waals surface area (Å²) in [5.41, 5.74) is 2.18. The summed E-state index contributed by atoms with van der Waals surface area (Å²) in [5.74, 6) is -0.698. The van der Waals surface area contributed by atoms with Gasteiger partial charge in [0, 0.05) is 67.5 Å². The van der Waals surface area contributed by atoms with Crippen molar-refractivity contribution in [1.29, 1.82) is 0 Å². The zero-order valence-corrected chi connectivity index (χ0v) is 26.8. The molecule has 1 aliphatic rings. The zero-order chi connectivity index (χ0) is 33.3. The highest BCUT2D eigenvalue weighted by Crippen LogP contribution is 2.21. The van der Waals surface area contributed by atoms with Gasteiger partial charge >= 0.3 is 0 Å². The minimum Gasteiger partial charge on any atom is -0.368 e. The molecule has 2 bridgehead atoms. The van der Waals surface area contributed by atoms with Gasteiger partial charge in [0.2, 0.25) is 11.8 Å². The predicted molar refractivity (Wildman–Crippen MR) is 180 cm³/mol. The smallest absolute Gasteiger partial charge is 0.273 e. The molecule has 246 valence electrons. The molecule has 5 heterocycles. The Bertz CT molecular complexity index is 1910. The van der Waals surface area contributed by atoms with Crippen molar-refractivity contribution in [1.82, 2.24) is 45.8 Å². The summed E-state index contributed by atoms with van der Waals surface area (Å²) in [6, 6.07) is 13.6. The molecular weight excluding hydrogens is 632 g/mol. The second-order valence-electron chi connectivity index (χ2n) is 11.1. The van der Waals surface area contributed by atoms with E-state index < -0.39 is 11.9 Å². The van der Waals surface area contributed by atoms with E-state index in [2.05, 4.69) is 46.2 Å². The molecule has 4 aromatic heterocycles. The van der Waals surface area contributed by atoms with Gasteiger partial charge in [0.15, 0.2) is 10.8 Å². The summed E-state index contributed by atoms with van der Waals surface area (Å²) < 4.78 is 0. The Morgan fingerprint density at radius 2 is 1.73 bits per heavy atom. The Kier molecular flexibility index (Phi) is 10.3. The number of aromatic nitrogens is 5. The minimum atomic E-state index is -0.871. The third-order valence-electron chi connectivity index (χ3n) is 7.71. The number of H-pyrrole nitrogens is 1. The summed E-state index contributed by atoms with van der Waals surface area (Å²) in [4.78, 5) is 75.2. The average Bonchev–Trinajstić information content (AvgIpc) is 3.77. The molecule has 1 aromatic carbocycles. The van der Waals surface area contributed by atoms with E-state index in [-0.39, 0.29) is 55.2 Å². The molecule has 1 aliphatic heterocycles. The van der Waals surface area contributed by atoms with Gasteiger partial charge in [-0.3, -0.25) is 19.2 Å². The molecule has 1 atom stereocenters. The van der Waals surface area contributed by atoms with Crippen molar-refractivity contribution >= 4 is 51.7 Å². The fourth-order valence-corrected chi connectivity index (χ4v) is 6.04. The van der Waals surface area contributed by atoms with Crippen molar-refractivity contribution in [2.45, 2.75) is 25.3 Å². The van der Waals surface area contributed by atoms with Gasteiger partial charge in [-0.1, -0.05) is 24.3 Å². The van der Waals surface area contributed by atoms with Crippen LogP contribution >= 0.6 is 11.3 Å². The lowest BCUT2D eigenvalue weighted by Crippen LogP contribution is -2.48. The Morgan fingerprint density at radius 1 is 0.896 bits per heavy atom. The molecule has 0 aliphatic carbocycles. The van der Waals surface area contributed by atoms with Gasteiger partial charge in [-0.15, -0.1) is 11.3 Å². The molecule has 0 saturated heterocycles. The Balaban J connectivity index is 1.18. The first-order chi connectivity index (χ1) is 23.4. The SMILES string of the molecule is O=C1CN(C(=O)c2csc(-c3ncccn3)n2)CCCCNC(=O)[C@H](Cc2c[nH]c3ccccc23)NC(=O)c2cccc(n2)NCCN1. The first kappa shape index (κ1) is 32.2. The van der Waals surface area contributed by atoms with Gasteiger partial charge in [-0.2, -0.15) is 0 Å². The maximum Gasteiger partial charge on any atom is 0.273 e. The van der Waals surface area contributed by atoms with Crippen molar-refractivity contribution in [3.05, 3.63) is 89.5 Å². The Morgan fingerprint density at radius 3 is 2.60 bits per heavy atom. The highest BCUT2D eigenvalue weighted by molar-refractivity contribution is 7.13. The summed E-state index contributed by atoms with van der Waals surface area (Å²) >= 11 is 1.25. The van der Waals surface area contributed by atoms with E-state index >= 15 is 0 Å². The largest absolute Gasteiger partial charge is 0.368 e. The van der Waals surface area contributed by atoms with Crippen LogP contribution in [0.25, 0.3) is 21.7 Å². The number of anilines is 1. The third-order valence-corrected chi connectivity index (χ3v) is 8.55. The van der Waals surface area contributed by atoms with Crippen molar-refractivity contribution in [3.8, 4) is 10.8 Å². The molecule has 14 nitrogen and oxygen atoms in total. The van der Waals surface area contributed by atoms with Gasteiger partial charge < -0.3 is 31.2 Å². The van der Waals surface area contributed by atoms with Gasteiger partial charge in [0.05, 0.1) is 6.54 Å². The number of carbonyl (C=O) groups is 4. The summed E-state index contributed by atoms with van der Waals surface area (Å²) in [6.45, 7) is 0.988. The van der Waals surface area contributed by atoms with Crippen molar-refractivity contribution in [2.75, 3.05) is 38.0 Å². The van der Waals surface area contributed by atoms with Gasteiger partial charge in [0.25, 0.3) is 11.8 Å². The number of para-hydroxylation sites is 1. The lowest BCUT2D eigenvalue weighted by atomic mass is 10.0. The Labute approximate surface area is 279 Å². The number of amides is 4. The van der Waals surface area contributed by atoms with Crippen molar-refractivity contribution < 1.29 is 19.2 Å². The fraction of sp³-hybridized carbons (Fsp3) is 0.273. The lowest BCUT2D eigenvalue weighted by Gasteiger charge is -2.22. The summed E-state index contributed by atoms with van der Waals surface area (Å²) in [7, 11) is 0. The van der Waals surface area contributed by atoms with E-state index in [1.807, 2.05) is 30.5 Å². The molecule has 5 aromatic rings. The molecule has 0 radical (unpaired) electrons. The van der Waals surface area contributed by atoms with E-state index in [4.69, 9.17) is 0 Å². The van der Waals surface area contributed by atoms with Gasteiger partial charge in [0.1, 0.15) is 23.2 Å². The van der Waals surface area contributed by atoms with Crippen LogP contribution in [0.15, 0.2) is 72.5 Å². The van der Waals surface area contributed by atoms with Crippen LogP contribution in [0.2, 0.25) is 0 Å². The highest BCUT2D eigenvalue weighted by Gasteiger charge is 2.25. The number of pyridine rings is 1. The molecule has 5 N–H and O–H groups in total. The van der Waals surface area contributed by atoms with Crippen LogP contribution < -0.4 is 21.3 Å². The number of nitrogens with one attached hydrogen (secondary N) is 5. The molecule has 0 fully saturated rings. The molecule has 4 amide bonds. The van der Waals surface area contributed by atoms with E-state index in [0.717, 1.165) is 16.5 Å². The van der Waals surface area contributed by atoms with E-state index in [9.17, 15) is 19.2 Å². The monoisotopic (exact) mass is 666 g/mol. The standard InChI is InChI=1S/C33H34N10O4S/c44-28-19-43(33(47)26-20-48-32(42-26)29-36-12-6-13-37-29)16-4-3-11-38-30(45)25(17-21-18-39-23-8-2-1-7-22(21)23)41-31(46)24-9-5-10-27(40-24)34-14-15-35-28/h1-2,5-10,12-13,18,20,25,39H,3-4,11,14-17,19H2,(H,34,40)(H,35,44)(H,38,45)(H,41,46)/t25-/m0/s1. The van der Waals surface area contributed by atoms with Crippen molar-refractivity contribution in [2.24, 2.45) is 0 Å². The number of carbonyl (C=O) groups excluding carboxylic acids is 4. The maximum atomic E-state index is 13.5. The van der Waals surface area contributed by atoms with Crippen LogP contribution in [0.4, 0.5) is 5.82 Å². The summed E-state index contributed by atoms with van der Waals surface area (Å²) in [5, 5.41) is 14.8. The topological polar surface area (TPSA) is 187 Å². The van der Waals surface area contributed by atoms with E-state index in [0.29, 0.717) is 42.6 Å². The molecule has 0 saturated carbocycles. The second-order valence-corrected chi connectivity index (χ2v) is 12.0. The zero-order valence-electron chi connectivity index (χ0n) is 25.9. The lowest BCUT2D eigenvalue weighted by molar-refractivity contribution is -0.123. The van der Waals surface area contributed by atoms with E-state index in [1.54, 1.807) is 42.0 Å². The molecular formula is C33H34N10O4S. The number of benzene rings is 1. The van der Waals surface area contributed by atoms with Gasteiger partial charge in [-0.25, -0.2) is 19.9 Å². The summed E-state index contributed by atoms with van der Waals surface area (Å²) in [6.07, 6.45) is 6.35. The fourth-order valence-electron chi connectivity index (χ4n) is 5.30. The number of nitrogens with zero attached hydrogens (tertiary/aromatic N) is 5. The number of hydrogen-bond acceptors (Lipinski definition) is 10. The number of rotatable bonds is 4. The average molecular weight is 667 g/mol. The number of hydrogen-bond donors (Lipinski definition) is 5. The maximum absolute atomic E-state index is 13.5. The minimum absolute atomic E-state index is 0.150. The van der Waals surface area contributed by atoms with Crippen LogP contribution in [0.5, 0.6) is 0 Å². The first-order valence-corrected chi connectivity index (χ1v) is 16.5. The number of fused-ring (bicyclic) bond motifs is 3. The predicted octanol–water partition coefficient (Wildman–Crippen LogP) is 2.40. The van der Waals surface area contributed by atoms with Crippen molar-refractivity contribution in [3.63, 3.8) is 0 Å². The number of thiazole rings is 1. The van der Waals surface area contributed by atoms with Crippen LogP contribution in [0.3, 0.4) is 0 Å². The Hall–Kier alpha value is -5.70. The molecule has 0 unspecified atom stereocenters. The first-order valence-electron chi connectivity index (χ1n) is 15.6. The highest BCUT2D eigenvalue weighted by atomic mass is 32.1. The molecule has 48 heavy (non-hydrogen) atoms. The van der Waals surface area contributed by atoms with E-state index in [1.165, 1.54) is 16.2 Å². The molecule has 15 heteroatoms.